The Morgan fingerprint density at radius 2 is 2.33 bits per heavy atom. The molecule has 1 aromatic heterocycles. The van der Waals surface area contributed by atoms with Crippen LogP contribution in [0.25, 0.3) is 0 Å². The zero-order valence-corrected chi connectivity index (χ0v) is 10.9. The molecule has 0 amide bonds. The lowest BCUT2D eigenvalue weighted by Gasteiger charge is -2.22. The number of hydrogen-bond acceptors (Lipinski definition) is 3. The number of nitrogens with zero attached hydrogens (tertiary/aromatic N) is 4. The maximum absolute atomic E-state index is 4.41. The lowest BCUT2D eigenvalue weighted by molar-refractivity contribution is 0.343. The molecule has 6 nitrogen and oxygen atoms in total. The Morgan fingerprint density at radius 1 is 1.56 bits per heavy atom. The molecule has 18 heavy (non-hydrogen) atoms. The summed E-state index contributed by atoms with van der Waals surface area (Å²) in [5.74, 6) is 0.599. The maximum atomic E-state index is 4.41. The molecule has 1 aliphatic rings. The van der Waals surface area contributed by atoms with Gasteiger partial charge in [0.05, 0.1) is 17.9 Å². The second kappa shape index (κ2) is 6.30. The van der Waals surface area contributed by atoms with Crippen LogP contribution in [0.5, 0.6) is 0 Å². The van der Waals surface area contributed by atoms with E-state index in [4.69, 9.17) is 0 Å². The van der Waals surface area contributed by atoms with Crippen LogP contribution >= 0.6 is 0 Å². The van der Waals surface area contributed by atoms with Gasteiger partial charge in [-0.3, -0.25) is 9.67 Å². The fourth-order valence-electron chi connectivity index (χ4n) is 2.07. The highest BCUT2D eigenvalue weighted by molar-refractivity contribution is 5.97. The van der Waals surface area contributed by atoms with E-state index in [1.165, 1.54) is 0 Å². The molecule has 0 aromatic carbocycles. The number of nitrogens with one attached hydrogen (secondary N) is 2. The minimum Gasteiger partial charge on any atom is -0.322 e. The van der Waals surface area contributed by atoms with Gasteiger partial charge in [0, 0.05) is 19.5 Å². The zero-order valence-electron chi connectivity index (χ0n) is 10.9. The molecule has 2 rings (SSSR count). The van der Waals surface area contributed by atoms with E-state index >= 15 is 0 Å². The predicted molar refractivity (Wildman–Crippen MR) is 74.5 cm³/mol. The third kappa shape index (κ3) is 3.16. The van der Waals surface area contributed by atoms with Gasteiger partial charge in [0.2, 0.25) is 5.96 Å². The number of rotatable bonds is 2. The molecule has 0 aliphatic carbocycles. The largest absolute Gasteiger partial charge is 0.322 e. The molecule has 98 valence electrons. The Hall–Kier alpha value is -1.69. The monoisotopic (exact) mass is 248 g/mol. The molecule has 0 bridgehead atoms. The van der Waals surface area contributed by atoms with Crippen LogP contribution in [0.2, 0.25) is 0 Å². The van der Waals surface area contributed by atoms with Crippen molar-refractivity contribution in [2.24, 2.45) is 9.98 Å². The van der Waals surface area contributed by atoms with Crippen molar-refractivity contribution in [2.75, 3.05) is 25.5 Å². The van der Waals surface area contributed by atoms with Gasteiger partial charge in [-0.15, -0.1) is 0 Å². The van der Waals surface area contributed by atoms with E-state index in [9.17, 15) is 0 Å². The van der Waals surface area contributed by atoms with Crippen molar-refractivity contribution in [2.45, 2.75) is 25.8 Å². The van der Waals surface area contributed by atoms with Crippen LogP contribution in [0.4, 0.5) is 5.69 Å². The van der Waals surface area contributed by atoms with Crippen LogP contribution in [-0.2, 0) is 0 Å². The molecule has 6 heteroatoms. The molecule has 0 spiro atoms. The van der Waals surface area contributed by atoms with Crippen molar-refractivity contribution in [3.05, 3.63) is 12.4 Å². The van der Waals surface area contributed by atoms with Crippen LogP contribution in [0, 0.1) is 0 Å². The number of piperidine rings is 1. The topological polar surface area (TPSA) is 66.6 Å². The van der Waals surface area contributed by atoms with Gasteiger partial charge >= 0.3 is 0 Å². The molecular formula is C12H20N6. The number of anilines is 1. The van der Waals surface area contributed by atoms with E-state index in [-0.39, 0.29) is 0 Å². The first kappa shape index (κ1) is 12.8. The number of hydrogen-bond donors (Lipinski definition) is 2. The van der Waals surface area contributed by atoms with Crippen molar-refractivity contribution in [3.8, 4) is 0 Å². The lowest BCUT2D eigenvalue weighted by atomic mass is 10.1. The second-order valence-electron chi connectivity index (χ2n) is 4.25. The molecule has 0 saturated carbocycles. The normalized spacial score (nSPS) is 18.4. The third-order valence-corrected chi connectivity index (χ3v) is 3.00. The van der Waals surface area contributed by atoms with Crippen LogP contribution in [0.3, 0.4) is 0 Å². The van der Waals surface area contributed by atoms with Crippen molar-refractivity contribution in [1.29, 1.82) is 0 Å². The van der Waals surface area contributed by atoms with E-state index in [0.717, 1.165) is 31.6 Å². The summed E-state index contributed by atoms with van der Waals surface area (Å²) in [6.45, 7) is 4.00. The quantitative estimate of drug-likeness (QED) is 0.612. The molecule has 1 fully saturated rings. The van der Waals surface area contributed by atoms with Gasteiger partial charge in [-0.25, -0.2) is 4.99 Å². The van der Waals surface area contributed by atoms with Gasteiger partial charge in [0.1, 0.15) is 0 Å². The summed E-state index contributed by atoms with van der Waals surface area (Å²) in [6.07, 6.45) is 7.81. The van der Waals surface area contributed by atoms with E-state index in [0.29, 0.717) is 12.0 Å². The fourth-order valence-corrected chi connectivity index (χ4v) is 2.07. The maximum Gasteiger partial charge on any atom is 0.221 e. The van der Waals surface area contributed by atoms with E-state index in [1.807, 2.05) is 24.0 Å². The summed E-state index contributed by atoms with van der Waals surface area (Å²) < 4.78 is 2.03. The highest BCUT2D eigenvalue weighted by Crippen LogP contribution is 2.19. The number of guanidine groups is 1. The van der Waals surface area contributed by atoms with Gasteiger partial charge in [0.25, 0.3) is 0 Å². The molecular weight excluding hydrogens is 228 g/mol. The average molecular weight is 248 g/mol. The Labute approximate surface area is 107 Å². The van der Waals surface area contributed by atoms with Crippen molar-refractivity contribution >= 4 is 17.9 Å². The summed E-state index contributed by atoms with van der Waals surface area (Å²) >= 11 is 0. The minimum absolute atomic E-state index is 0.499. The van der Waals surface area contributed by atoms with Crippen molar-refractivity contribution < 1.29 is 0 Å². The first-order chi connectivity index (χ1) is 8.83. The predicted octanol–water partition coefficient (Wildman–Crippen LogP) is 1.30. The molecule has 1 aromatic rings. The van der Waals surface area contributed by atoms with Gasteiger partial charge < -0.3 is 10.6 Å². The van der Waals surface area contributed by atoms with Crippen LogP contribution in [-0.4, -0.2) is 42.1 Å². The number of aromatic nitrogens is 2. The molecule has 0 atom stereocenters. The molecule has 2 heterocycles. The minimum atomic E-state index is 0.499. The van der Waals surface area contributed by atoms with Crippen molar-refractivity contribution in [1.82, 2.24) is 15.1 Å². The van der Waals surface area contributed by atoms with Crippen molar-refractivity contribution in [3.63, 3.8) is 0 Å². The third-order valence-electron chi connectivity index (χ3n) is 3.00. The van der Waals surface area contributed by atoms with Crippen LogP contribution in [0.1, 0.15) is 25.8 Å². The standard InChI is InChI=1S/C12H20N6/c1-3-15-12(13-2)17-10-8-16-18(9-10)11-4-6-14-7-5-11/h3,8-9,11,14H,4-7H2,1-2H3,(H,13,17). The first-order valence-electron chi connectivity index (χ1n) is 6.31. The fraction of sp³-hybridized carbons (Fsp3) is 0.583. The van der Waals surface area contributed by atoms with Gasteiger partial charge in [-0.1, -0.05) is 0 Å². The highest BCUT2D eigenvalue weighted by atomic mass is 15.3. The first-order valence-corrected chi connectivity index (χ1v) is 6.31. The Bertz CT molecular complexity index is 428. The van der Waals surface area contributed by atoms with E-state index < -0.39 is 0 Å². The summed E-state index contributed by atoms with van der Waals surface area (Å²) in [6, 6.07) is 0.499. The van der Waals surface area contributed by atoms with Crippen LogP contribution in [0.15, 0.2) is 22.4 Å². The number of aliphatic imine (C=N–C) groups is 2. The summed E-state index contributed by atoms with van der Waals surface area (Å²) in [7, 11) is 1.71. The van der Waals surface area contributed by atoms with Gasteiger partial charge in [-0.05, 0) is 32.9 Å². The Morgan fingerprint density at radius 3 is 3.00 bits per heavy atom. The molecule has 1 saturated heterocycles. The summed E-state index contributed by atoms with van der Waals surface area (Å²) in [4.78, 5) is 8.18. The smallest absolute Gasteiger partial charge is 0.221 e. The van der Waals surface area contributed by atoms with E-state index in [2.05, 4.69) is 25.7 Å². The molecule has 2 N–H and O–H groups in total. The lowest BCUT2D eigenvalue weighted by Crippen LogP contribution is -2.29. The molecule has 0 radical (unpaired) electrons. The van der Waals surface area contributed by atoms with E-state index in [1.54, 1.807) is 13.3 Å². The summed E-state index contributed by atoms with van der Waals surface area (Å²) in [5, 5.41) is 10.9. The zero-order chi connectivity index (χ0) is 12.8. The molecule has 0 unspecified atom stereocenters. The van der Waals surface area contributed by atoms with Crippen LogP contribution < -0.4 is 10.6 Å². The summed E-state index contributed by atoms with van der Waals surface area (Å²) in [5.41, 5.74) is 0.930. The SMILES string of the molecule is CC=NC(=NC)Nc1cnn(C2CCNCC2)c1. The highest BCUT2D eigenvalue weighted by Gasteiger charge is 2.15. The Kier molecular flexibility index (Phi) is 4.46. The average Bonchev–Trinajstić information content (AvgIpc) is 2.88. The molecule has 1 aliphatic heterocycles. The van der Waals surface area contributed by atoms with Gasteiger partial charge in [0.15, 0.2) is 0 Å². The second-order valence-corrected chi connectivity index (χ2v) is 4.25. The Balaban J connectivity index is 2.01. The van der Waals surface area contributed by atoms with Gasteiger partial charge in [-0.2, -0.15) is 5.10 Å².